The number of nitrogens with zero attached hydrogens (tertiary/aromatic N) is 1. The third-order valence-corrected chi connectivity index (χ3v) is 6.76. The van der Waals surface area contributed by atoms with E-state index < -0.39 is 10.0 Å². The van der Waals surface area contributed by atoms with E-state index in [-0.39, 0.29) is 12.1 Å². The lowest BCUT2D eigenvalue weighted by atomic mass is 10.1. The zero-order valence-corrected chi connectivity index (χ0v) is 16.3. The molecule has 4 rings (SSSR count). The number of ether oxygens (including phenoxy) is 1. The number of hydrogen-bond acceptors (Lipinski definition) is 3. The summed E-state index contributed by atoms with van der Waals surface area (Å²) in [5, 5.41) is 0. The van der Waals surface area contributed by atoms with Gasteiger partial charge in [0, 0.05) is 0 Å². The maximum atomic E-state index is 13.2. The summed E-state index contributed by atoms with van der Waals surface area (Å²) in [4.78, 5) is 0.309. The van der Waals surface area contributed by atoms with Crippen molar-refractivity contribution in [2.75, 3.05) is 7.11 Å². The van der Waals surface area contributed by atoms with Gasteiger partial charge in [-0.3, -0.25) is 0 Å². The smallest absolute Gasteiger partial charge is 0.244 e. The van der Waals surface area contributed by atoms with Crippen molar-refractivity contribution in [2.24, 2.45) is 0 Å². The van der Waals surface area contributed by atoms with Crippen molar-refractivity contribution in [3.8, 4) is 5.75 Å². The highest BCUT2D eigenvalue weighted by Crippen LogP contribution is 2.48. The molecule has 3 aromatic rings. The first-order valence-electron chi connectivity index (χ1n) is 9.07. The molecular formula is C23H21NO3S. The zero-order chi connectivity index (χ0) is 19.6. The molecule has 0 N–H and O–H groups in total. The average molecular weight is 391 g/mol. The molecule has 1 unspecified atom stereocenters. The highest BCUT2D eigenvalue weighted by molar-refractivity contribution is 7.89. The van der Waals surface area contributed by atoms with E-state index in [0.717, 1.165) is 16.9 Å². The van der Waals surface area contributed by atoms with Crippen LogP contribution >= 0.6 is 0 Å². The zero-order valence-electron chi connectivity index (χ0n) is 15.5. The van der Waals surface area contributed by atoms with Crippen molar-refractivity contribution in [3.05, 3.63) is 102 Å². The number of methoxy groups -OCH3 is 1. The van der Waals surface area contributed by atoms with Crippen LogP contribution in [0.3, 0.4) is 0 Å². The van der Waals surface area contributed by atoms with Gasteiger partial charge in [0.15, 0.2) is 0 Å². The lowest BCUT2D eigenvalue weighted by Crippen LogP contribution is -2.14. The molecule has 1 heterocycles. The number of rotatable bonds is 6. The Morgan fingerprint density at radius 2 is 1.46 bits per heavy atom. The van der Waals surface area contributed by atoms with Crippen molar-refractivity contribution in [3.63, 3.8) is 0 Å². The summed E-state index contributed by atoms with van der Waals surface area (Å²) in [6.45, 7) is 0. The summed E-state index contributed by atoms with van der Waals surface area (Å²) in [5.74, 6) is 0.748. The molecule has 0 aromatic heterocycles. The van der Waals surface area contributed by atoms with Gasteiger partial charge in [0.25, 0.3) is 0 Å². The maximum Gasteiger partial charge on any atom is 0.244 e. The first-order valence-corrected chi connectivity index (χ1v) is 10.5. The van der Waals surface area contributed by atoms with Gasteiger partial charge in [0.1, 0.15) is 5.75 Å². The van der Waals surface area contributed by atoms with Crippen molar-refractivity contribution in [1.29, 1.82) is 0 Å². The first-order chi connectivity index (χ1) is 13.6. The van der Waals surface area contributed by atoms with Crippen LogP contribution in [0.1, 0.15) is 17.2 Å². The van der Waals surface area contributed by atoms with Gasteiger partial charge in [-0.1, -0.05) is 72.8 Å². The van der Waals surface area contributed by atoms with E-state index in [9.17, 15) is 8.42 Å². The van der Waals surface area contributed by atoms with E-state index in [1.165, 1.54) is 0 Å². The van der Waals surface area contributed by atoms with Crippen LogP contribution in [0.4, 0.5) is 0 Å². The van der Waals surface area contributed by atoms with Crippen LogP contribution in [0.5, 0.6) is 5.75 Å². The van der Waals surface area contributed by atoms with Crippen molar-refractivity contribution < 1.29 is 13.2 Å². The van der Waals surface area contributed by atoms with E-state index >= 15 is 0 Å². The molecule has 0 saturated carbocycles. The standard InChI is InChI=1S/C23H21NO3S/c1-27-20-15-13-19(14-16-20)23-22(17-12-18-8-4-2-5-9-18)24(23)28(25,26)21-10-6-3-7-11-21/h2-17,22-23H,1H3/b17-12+/t22-,23-,24?/m1/s1. The van der Waals surface area contributed by atoms with E-state index in [1.807, 2.05) is 72.8 Å². The molecule has 1 aliphatic heterocycles. The van der Waals surface area contributed by atoms with Crippen LogP contribution < -0.4 is 4.74 Å². The third-order valence-electron chi connectivity index (χ3n) is 4.86. The predicted molar refractivity (Wildman–Crippen MR) is 110 cm³/mol. The minimum absolute atomic E-state index is 0.223. The number of benzene rings is 3. The fraction of sp³-hybridized carbons (Fsp3) is 0.130. The van der Waals surface area contributed by atoms with Crippen LogP contribution in [0.15, 0.2) is 95.9 Å². The molecule has 1 saturated heterocycles. The SMILES string of the molecule is COc1ccc([C@@H]2[C@@H](/C=C/c3ccccc3)N2S(=O)(=O)c2ccccc2)cc1. The van der Waals surface area contributed by atoms with Gasteiger partial charge in [-0.05, 0) is 35.4 Å². The second kappa shape index (κ2) is 7.62. The molecule has 0 amide bonds. The van der Waals surface area contributed by atoms with Crippen LogP contribution in [0.25, 0.3) is 6.08 Å². The molecule has 0 radical (unpaired) electrons. The molecule has 4 nitrogen and oxygen atoms in total. The lowest BCUT2D eigenvalue weighted by Gasteiger charge is -2.07. The van der Waals surface area contributed by atoms with Crippen LogP contribution in [-0.4, -0.2) is 25.9 Å². The molecule has 28 heavy (non-hydrogen) atoms. The lowest BCUT2D eigenvalue weighted by molar-refractivity contribution is 0.414. The summed E-state index contributed by atoms with van der Waals surface area (Å²) < 4.78 is 33.2. The molecule has 0 bridgehead atoms. The van der Waals surface area contributed by atoms with E-state index in [0.29, 0.717) is 4.90 Å². The van der Waals surface area contributed by atoms with E-state index in [4.69, 9.17) is 4.74 Å². The Hall–Kier alpha value is -2.89. The molecule has 3 aromatic carbocycles. The van der Waals surface area contributed by atoms with Crippen molar-refractivity contribution in [2.45, 2.75) is 17.0 Å². The summed E-state index contributed by atoms with van der Waals surface area (Å²) in [7, 11) is -1.97. The van der Waals surface area contributed by atoms with Gasteiger partial charge in [-0.25, -0.2) is 8.42 Å². The molecule has 3 atom stereocenters. The highest BCUT2D eigenvalue weighted by Gasteiger charge is 2.54. The fourth-order valence-corrected chi connectivity index (χ4v) is 5.10. The molecule has 1 fully saturated rings. The number of sulfonamides is 1. The van der Waals surface area contributed by atoms with Crippen molar-refractivity contribution in [1.82, 2.24) is 4.31 Å². The minimum Gasteiger partial charge on any atom is -0.497 e. The minimum atomic E-state index is -3.58. The highest BCUT2D eigenvalue weighted by atomic mass is 32.2. The second-order valence-corrected chi connectivity index (χ2v) is 8.47. The van der Waals surface area contributed by atoms with Crippen LogP contribution in [0, 0.1) is 0 Å². The average Bonchev–Trinajstić information content (AvgIpc) is 3.49. The molecule has 5 heteroatoms. The Kier molecular flexibility index (Phi) is 5.03. The van der Waals surface area contributed by atoms with E-state index in [2.05, 4.69) is 0 Å². The third kappa shape index (κ3) is 3.59. The van der Waals surface area contributed by atoms with E-state index in [1.54, 1.807) is 35.7 Å². The summed E-state index contributed by atoms with van der Waals surface area (Å²) in [5.41, 5.74) is 1.99. The molecule has 0 aliphatic carbocycles. The monoisotopic (exact) mass is 391 g/mol. The first kappa shape index (κ1) is 18.5. The Labute approximate surface area is 165 Å². The predicted octanol–water partition coefficient (Wildman–Crippen LogP) is 4.52. The Morgan fingerprint density at radius 3 is 2.07 bits per heavy atom. The second-order valence-electron chi connectivity index (χ2n) is 6.63. The summed E-state index contributed by atoms with van der Waals surface area (Å²) in [6.07, 6.45) is 3.94. The summed E-state index contributed by atoms with van der Waals surface area (Å²) >= 11 is 0. The van der Waals surface area contributed by atoms with Gasteiger partial charge in [0.05, 0.1) is 24.1 Å². The summed E-state index contributed by atoms with van der Waals surface area (Å²) in [6, 6.07) is 25.6. The Morgan fingerprint density at radius 1 is 0.857 bits per heavy atom. The Balaban J connectivity index is 1.67. The van der Waals surface area contributed by atoms with Crippen molar-refractivity contribution >= 4 is 16.1 Å². The molecule has 142 valence electrons. The Bertz CT molecular complexity index is 1060. The largest absolute Gasteiger partial charge is 0.497 e. The normalized spacial score (nSPS) is 21.5. The molecular weight excluding hydrogens is 370 g/mol. The van der Waals surface area contributed by atoms with Gasteiger partial charge < -0.3 is 4.74 Å². The van der Waals surface area contributed by atoms with Crippen LogP contribution in [0.2, 0.25) is 0 Å². The topological polar surface area (TPSA) is 46.4 Å². The molecule has 1 aliphatic rings. The van der Waals surface area contributed by atoms with Gasteiger partial charge >= 0.3 is 0 Å². The molecule has 0 spiro atoms. The number of hydrogen-bond donors (Lipinski definition) is 0. The van der Waals surface area contributed by atoms with Crippen LogP contribution in [-0.2, 0) is 10.0 Å². The maximum absolute atomic E-state index is 13.2. The fourth-order valence-electron chi connectivity index (χ4n) is 3.36. The van der Waals surface area contributed by atoms with Gasteiger partial charge in [-0.15, -0.1) is 0 Å². The quantitative estimate of drug-likeness (QED) is 0.580. The van der Waals surface area contributed by atoms with Gasteiger partial charge in [-0.2, -0.15) is 4.31 Å². The van der Waals surface area contributed by atoms with Gasteiger partial charge in [0.2, 0.25) is 10.0 Å².